The number of piperidine rings is 1. The molecule has 2 aromatic heterocycles. The molecule has 0 aliphatic carbocycles. The summed E-state index contributed by atoms with van der Waals surface area (Å²) in [5, 5.41) is 10.7. The van der Waals surface area contributed by atoms with E-state index in [9.17, 15) is 10.1 Å². The van der Waals surface area contributed by atoms with Crippen molar-refractivity contribution >= 4 is 27.7 Å². The lowest BCUT2D eigenvalue weighted by Gasteiger charge is -2.39. The first-order valence-corrected chi connectivity index (χ1v) is 10.1. The Balaban J connectivity index is 1.53. The van der Waals surface area contributed by atoms with Crippen molar-refractivity contribution in [3.63, 3.8) is 0 Å². The fraction of sp³-hybridized carbons (Fsp3) is 0.292. The van der Waals surface area contributed by atoms with Gasteiger partial charge in [0, 0.05) is 30.9 Å². The van der Waals surface area contributed by atoms with Crippen LogP contribution in [-0.4, -0.2) is 22.6 Å². The highest BCUT2D eigenvalue weighted by atomic mass is 16.3. The molecule has 1 fully saturated rings. The Morgan fingerprint density at radius 3 is 2.53 bits per heavy atom. The Bertz CT molecular complexity index is 1330. The summed E-state index contributed by atoms with van der Waals surface area (Å²) in [4.78, 5) is 19.7. The van der Waals surface area contributed by atoms with Crippen molar-refractivity contribution in [2.24, 2.45) is 7.05 Å². The average molecular weight is 398 g/mol. The van der Waals surface area contributed by atoms with Crippen molar-refractivity contribution in [1.82, 2.24) is 9.55 Å². The fourth-order valence-corrected chi connectivity index (χ4v) is 4.48. The van der Waals surface area contributed by atoms with E-state index in [4.69, 9.17) is 9.40 Å². The molecule has 0 N–H and O–H groups in total. The SMILES string of the molecule is Cn1c(=O)c(C#N)c(N2CCC(C)(c3nc4ccccc4o3)CC2)c2ccccc21. The third-order valence-corrected chi connectivity index (χ3v) is 6.38. The Morgan fingerprint density at radius 2 is 1.80 bits per heavy atom. The van der Waals surface area contributed by atoms with Gasteiger partial charge in [-0.15, -0.1) is 0 Å². The standard InChI is InChI=1S/C24H22N4O2/c1-24(23-26-18-8-4-6-10-20(18)30-23)11-13-28(14-12-24)21-16-7-3-5-9-19(16)27(2)22(29)17(21)15-25/h3-10H,11-14H2,1-2H3. The van der Waals surface area contributed by atoms with E-state index in [1.165, 1.54) is 0 Å². The molecule has 0 spiro atoms. The normalized spacial score (nSPS) is 16.1. The second-order valence-electron chi connectivity index (χ2n) is 8.25. The predicted molar refractivity (Wildman–Crippen MR) is 117 cm³/mol. The highest BCUT2D eigenvalue weighted by molar-refractivity contribution is 5.95. The number of fused-ring (bicyclic) bond motifs is 2. The summed E-state index contributed by atoms with van der Waals surface area (Å²) in [6, 6.07) is 17.7. The molecule has 0 bridgehead atoms. The van der Waals surface area contributed by atoms with E-state index in [2.05, 4.69) is 17.9 Å². The number of aryl methyl sites for hydroxylation is 1. The third kappa shape index (κ3) is 2.70. The van der Waals surface area contributed by atoms with Crippen molar-refractivity contribution < 1.29 is 4.42 Å². The molecule has 5 rings (SSSR count). The first-order valence-electron chi connectivity index (χ1n) is 10.1. The maximum absolute atomic E-state index is 12.8. The lowest BCUT2D eigenvalue weighted by molar-refractivity contribution is 0.292. The van der Waals surface area contributed by atoms with Gasteiger partial charge in [-0.1, -0.05) is 37.3 Å². The van der Waals surface area contributed by atoms with Gasteiger partial charge in [0.15, 0.2) is 5.58 Å². The van der Waals surface area contributed by atoms with Crippen LogP contribution in [0.2, 0.25) is 0 Å². The molecule has 0 unspecified atom stereocenters. The van der Waals surface area contributed by atoms with E-state index < -0.39 is 0 Å². The Labute approximate surface area is 174 Å². The summed E-state index contributed by atoms with van der Waals surface area (Å²) in [6.45, 7) is 3.63. The van der Waals surface area contributed by atoms with Crippen LogP contribution in [-0.2, 0) is 12.5 Å². The van der Waals surface area contributed by atoms with Crippen LogP contribution in [0.25, 0.3) is 22.0 Å². The van der Waals surface area contributed by atoms with Gasteiger partial charge < -0.3 is 13.9 Å². The summed E-state index contributed by atoms with van der Waals surface area (Å²) in [6.07, 6.45) is 1.66. The molecular weight excluding hydrogens is 376 g/mol. The number of nitriles is 1. The maximum Gasteiger partial charge on any atom is 0.270 e. The second-order valence-corrected chi connectivity index (χ2v) is 8.25. The smallest absolute Gasteiger partial charge is 0.270 e. The van der Waals surface area contributed by atoms with Crippen LogP contribution in [0.1, 0.15) is 31.2 Å². The molecule has 1 saturated heterocycles. The van der Waals surface area contributed by atoms with Crippen molar-refractivity contribution in [2.45, 2.75) is 25.2 Å². The number of rotatable bonds is 2. The largest absolute Gasteiger partial charge is 0.440 e. The number of hydrogen-bond donors (Lipinski definition) is 0. The van der Waals surface area contributed by atoms with Crippen molar-refractivity contribution in [2.75, 3.05) is 18.0 Å². The maximum atomic E-state index is 12.8. The zero-order valence-electron chi connectivity index (χ0n) is 17.1. The zero-order valence-corrected chi connectivity index (χ0v) is 17.1. The lowest BCUT2D eigenvalue weighted by atomic mass is 9.80. The topological polar surface area (TPSA) is 75.1 Å². The predicted octanol–water partition coefficient (Wildman–Crippen LogP) is 4.11. The van der Waals surface area contributed by atoms with Crippen molar-refractivity contribution in [3.8, 4) is 6.07 Å². The summed E-state index contributed by atoms with van der Waals surface area (Å²) in [5.41, 5.74) is 3.04. The molecule has 0 atom stereocenters. The van der Waals surface area contributed by atoms with Gasteiger partial charge in [0.25, 0.3) is 5.56 Å². The summed E-state index contributed by atoms with van der Waals surface area (Å²) in [7, 11) is 1.72. The van der Waals surface area contributed by atoms with Crippen LogP contribution in [0.3, 0.4) is 0 Å². The molecular formula is C24H22N4O2. The number of anilines is 1. The molecule has 2 aromatic carbocycles. The fourth-order valence-electron chi connectivity index (χ4n) is 4.48. The quantitative estimate of drug-likeness (QED) is 0.508. The minimum atomic E-state index is -0.251. The van der Waals surface area contributed by atoms with Gasteiger partial charge in [0.2, 0.25) is 5.89 Å². The van der Waals surface area contributed by atoms with E-state index >= 15 is 0 Å². The van der Waals surface area contributed by atoms with E-state index in [0.717, 1.165) is 59.5 Å². The molecule has 0 saturated carbocycles. The second kappa shape index (κ2) is 6.74. The summed E-state index contributed by atoms with van der Waals surface area (Å²) < 4.78 is 7.63. The average Bonchev–Trinajstić information content (AvgIpc) is 3.22. The highest BCUT2D eigenvalue weighted by Crippen LogP contribution is 2.39. The molecule has 4 aromatic rings. The van der Waals surface area contributed by atoms with E-state index in [0.29, 0.717) is 0 Å². The van der Waals surface area contributed by atoms with Crippen LogP contribution < -0.4 is 10.5 Å². The molecule has 6 nitrogen and oxygen atoms in total. The van der Waals surface area contributed by atoms with Gasteiger partial charge in [-0.05, 0) is 31.0 Å². The number of nitrogens with zero attached hydrogens (tertiary/aromatic N) is 4. The molecule has 6 heteroatoms. The summed E-state index contributed by atoms with van der Waals surface area (Å²) in [5.74, 6) is 0.762. The third-order valence-electron chi connectivity index (χ3n) is 6.38. The Morgan fingerprint density at radius 1 is 1.10 bits per heavy atom. The monoisotopic (exact) mass is 398 g/mol. The molecule has 1 aliphatic rings. The van der Waals surface area contributed by atoms with Gasteiger partial charge in [-0.3, -0.25) is 4.79 Å². The first-order chi connectivity index (χ1) is 14.5. The highest BCUT2D eigenvalue weighted by Gasteiger charge is 2.37. The van der Waals surface area contributed by atoms with E-state index in [1.807, 2.05) is 48.5 Å². The van der Waals surface area contributed by atoms with Gasteiger partial charge in [0.1, 0.15) is 17.1 Å². The van der Waals surface area contributed by atoms with Gasteiger partial charge in [-0.2, -0.15) is 5.26 Å². The van der Waals surface area contributed by atoms with Crippen LogP contribution in [0.5, 0.6) is 0 Å². The molecule has 150 valence electrons. The van der Waals surface area contributed by atoms with Crippen LogP contribution in [0, 0.1) is 11.3 Å². The zero-order chi connectivity index (χ0) is 20.9. The molecule has 3 heterocycles. The van der Waals surface area contributed by atoms with E-state index in [-0.39, 0.29) is 16.5 Å². The minimum Gasteiger partial charge on any atom is -0.440 e. The van der Waals surface area contributed by atoms with Gasteiger partial charge in [0.05, 0.1) is 11.2 Å². The van der Waals surface area contributed by atoms with E-state index in [1.54, 1.807) is 11.6 Å². The lowest BCUT2D eigenvalue weighted by Crippen LogP contribution is -2.42. The number of pyridine rings is 1. The number of oxazole rings is 1. The molecule has 0 radical (unpaired) electrons. The van der Waals surface area contributed by atoms with Crippen molar-refractivity contribution in [3.05, 3.63) is 70.3 Å². The summed E-state index contributed by atoms with van der Waals surface area (Å²) >= 11 is 0. The number of hydrogen-bond acceptors (Lipinski definition) is 5. The van der Waals surface area contributed by atoms with Crippen LogP contribution in [0.15, 0.2) is 57.7 Å². The number of aromatic nitrogens is 2. The Kier molecular flexibility index (Phi) is 4.14. The van der Waals surface area contributed by atoms with Crippen molar-refractivity contribution in [1.29, 1.82) is 5.26 Å². The number of para-hydroxylation sites is 3. The van der Waals surface area contributed by atoms with Crippen LogP contribution in [0.4, 0.5) is 5.69 Å². The number of benzene rings is 2. The Hall–Kier alpha value is -3.59. The molecule has 0 amide bonds. The van der Waals surface area contributed by atoms with Gasteiger partial charge in [-0.25, -0.2) is 4.98 Å². The minimum absolute atomic E-state index is 0.183. The van der Waals surface area contributed by atoms with Gasteiger partial charge >= 0.3 is 0 Å². The van der Waals surface area contributed by atoms with Crippen LogP contribution >= 0.6 is 0 Å². The molecule has 30 heavy (non-hydrogen) atoms. The molecule has 1 aliphatic heterocycles. The first kappa shape index (κ1) is 18.4.